The van der Waals surface area contributed by atoms with Crippen molar-refractivity contribution in [3.63, 3.8) is 0 Å². The van der Waals surface area contributed by atoms with Gasteiger partial charge in [0, 0.05) is 60.6 Å². The summed E-state index contributed by atoms with van der Waals surface area (Å²) in [6.07, 6.45) is 1.40. The number of ketones is 1. The van der Waals surface area contributed by atoms with Gasteiger partial charge in [-0.05, 0) is 33.1 Å². The molecule has 1 saturated heterocycles. The number of non-ortho nitro benzene ring substituents is 1. The summed E-state index contributed by atoms with van der Waals surface area (Å²) in [6.45, 7) is 1.78. The lowest BCUT2D eigenvalue weighted by molar-refractivity contribution is -0.384. The van der Waals surface area contributed by atoms with E-state index in [4.69, 9.17) is 0 Å². The molecular weight excluding hydrogens is 588 g/mol. The fourth-order valence-corrected chi connectivity index (χ4v) is 5.58. The summed E-state index contributed by atoms with van der Waals surface area (Å²) in [4.78, 5) is 55.2. The van der Waals surface area contributed by atoms with Crippen LogP contribution < -0.4 is 5.56 Å². The number of hydrogen-bond acceptors (Lipinski definition) is 6. The first-order valence-corrected chi connectivity index (χ1v) is 13.9. The first-order valence-electron chi connectivity index (χ1n) is 13.1. The van der Waals surface area contributed by atoms with Crippen LogP contribution in [0.25, 0.3) is 0 Å². The number of aromatic nitrogens is 1. The quantitative estimate of drug-likeness (QED) is 0.121. The van der Waals surface area contributed by atoms with E-state index in [2.05, 4.69) is 45.1 Å². The molecule has 2 heterocycles. The number of halogens is 1. The molecule has 1 aliphatic rings. The third-order valence-electron chi connectivity index (χ3n) is 7.23. The molecule has 1 aromatic heterocycles. The average Bonchev–Trinajstić information content (AvgIpc) is 3.00. The minimum Gasteiger partial charge on any atom is -0.338 e. The van der Waals surface area contributed by atoms with Crippen LogP contribution in [-0.4, -0.2) is 57.2 Å². The van der Waals surface area contributed by atoms with Gasteiger partial charge in [0.15, 0.2) is 11.8 Å². The Labute approximate surface area is 244 Å². The Morgan fingerprint density at radius 1 is 0.805 bits per heavy atom. The summed E-state index contributed by atoms with van der Waals surface area (Å²) in [5, 5.41) is 11.3. The molecule has 9 nitrogen and oxygen atoms in total. The second kappa shape index (κ2) is 12.4. The van der Waals surface area contributed by atoms with Gasteiger partial charge in [0.2, 0.25) is 0 Å². The molecule has 3 aromatic carbocycles. The number of carbonyl (C=O) groups is 2. The zero-order valence-corrected chi connectivity index (χ0v) is 23.6. The Morgan fingerprint density at radius 3 is 2.00 bits per heavy atom. The van der Waals surface area contributed by atoms with E-state index in [1.807, 2.05) is 36.4 Å². The fourth-order valence-electron chi connectivity index (χ4n) is 5.22. The SMILES string of the molecule is O=C(c1cccc([N+](=O)[O-])c1)C(C(=O)N1CCN(C(c2ccccc2)c2ccccc2)CC1)n1cc(Br)ccc1=O. The van der Waals surface area contributed by atoms with Crippen LogP contribution >= 0.6 is 15.9 Å². The van der Waals surface area contributed by atoms with Crippen molar-refractivity contribution in [3.05, 3.63) is 145 Å². The Morgan fingerprint density at radius 2 is 1.41 bits per heavy atom. The van der Waals surface area contributed by atoms with Crippen LogP contribution in [-0.2, 0) is 4.79 Å². The van der Waals surface area contributed by atoms with E-state index in [0.717, 1.165) is 21.8 Å². The zero-order chi connectivity index (χ0) is 28.9. The molecule has 0 N–H and O–H groups in total. The minimum absolute atomic E-state index is 0.00959. The van der Waals surface area contributed by atoms with Crippen molar-refractivity contribution < 1.29 is 14.5 Å². The van der Waals surface area contributed by atoms with E-state index < -0.39 is 28.2 Å². The summed E-state index contributed by atoms with van der Waals surface area (Å²) >= 11 is 3.32. The molecule has 4 aromatic rings. The molecule has 0 aliphatic carbocycles. The number of nitrogens with zero attached hydrogens (tertiary/aromatic N) is 4. The molecule has 10 heteroatoms. The van der Waals surface area contributed by atoms with Gasteiger partial charge in [-0.1, -0.05) is 72.8 Å². The first kappa shape index (κ1) is 28.1. The van der Waals surface area contributed by atoms with E-state index in [0.29, 0.717) is 30.7 Å². The van der Waals surface area contributed by atoms with Crippen LogP contribution in [0.1, 0.15) is 33.6 Å². The van der Waals surface area contributed by atoms with Crippen LogP contribution in [0.15, 0.2) is 113 Å². The smallest absolute Gasteiger partial charge is 0.270 e. The van der Waals surface area contributed by atoms with Crippen molar-refractivity contribution in [1.29, 1.82) is 0 Å². The lowest BCUT2D eigenvalue weighted by Crippen LogP contribution is -2.53. The van der Waals surface area contributed by atoms with Crippen molar-refractivity contribution in [1.82, 2.24) is 14.4 Å². The molecule has 0 saturated carbocycles. The number of pyridine rings is 1. The summed E-state index contributed by atoms with van der Waals surface area (Å²) < 4.78 is 1.61. The maximum atomic E-state index is 14.0. The number of nitro groups is 1. The average molecular weight is 615 g/mol. The molecule has 1 amide bonds. The predicted octanol–water partition coefficient (Wildman–Crippen LogP) is 4.88. The third kappa shape index (κ3) is 6.18. The van der Waals surface area contributed by atoms with Gasteiger partial charge in [-0.2, -0.15) is 0 Å². The lowest BCUT2D eigenvalue weighted by atomic mass is 9.96. The molecule has 5 rings (SSSR count). The molecule has 0 bridgehead atoms. The van der Waals surface area contributed by atoms with Gasteiger partial charge in [0.25, 0.3) is 17.2 Å². The number of rotatable bonds is 8. The molecule has 0 spiro atoms. The Bertz CT molecular complexity index is 1580. The number of nitro benzene ring substituents is 1. The van der Waals surface area contributed by atoms with Gasteiger partial charge < -0.3 is 4.90 Å². The van der Waals surface area contributed by atoms with Gasteiger partial charge in [0.05, 0.1) is 11.0 Å². The van der Waals surface area contributed by atoms with Gasteiger partial charge in [0.1, 0.15) is 0 Å². The second-order valence-corrected chi connectivity index (χ2v) is 10.7. The van der Waals surface area contributed by atoms with Crippen LogP contribution in [0.4, 0.5) is 5.69 Å². The highest BCUT2D eigenvalue weighted by Crippen LogP contribution is 2.30. The lowest BCUT2D eigenvalue weighted by Gasteiger charge is -2.40. The largest absolute Gasteiger partial charge is 0.338 e. The predicted molar refractivity (Wildman–Crippen MR) is 158 cm³/mol. The minimum atomic E-state index is -1.51. The van der Waals surface area contributed by atoms with Crippen LogP contribution in [0.2, 0.25) is 0 Å². The van der Waals surface area contributed by atoms with Gasteiger partial charge in [-0.25, -0.2) is 0 Å². The van der Waals surface area contributed by atoms with Crippen LogP contribution in [0.3, 0.4) is 0 Å². The molecule has 1 aliphatic heterocycles. The van der Waals surface area contributed by atoms with E-state index >= 15 is 0 Å². The van der Waals surface area contributed by atoms with E-state index in [1.54, 1.807) is 4.90 Å². The van der Waals surface area contributed by atoms with Crippen molar-refractivity contribution >= 4 is 33.3 Å². The highest BCUT2D eigenvalue weighted by molar-refractivity contribution is 9.10. The highest BCUT2D eigenvalue weighted by Gasteiger charge is 2.37. The molecule has 208 valence electrons. The van der Waals surface area contributed by atoms with Crippen molar-refractivity contribution in [3.8, 4) is 0 Å². The van der Waals surface area contributed by atoms with Gasteiger partial charge >= 0.3 is 0 Å². The van der Waals surface area contributed by atoms with Crippen molar-refractivity contribution in [2.75, 3.05) is 26.2 Å². The number of hydrogen-bond donors (Lipinski definition) is 0. The number of Topliss-reactive ketones (excluding diaryl/α,β-unsaturated/α-hetero) is 1. The van der Waals surface area contributed by atoms with Crippen LogP contribution in [0, 0.1) is 10.1 Å². The highest BCUT2D eigenvalue weighted by atomic mass is 79.9. The topological polar surface area (TPSA) is 106 Å². The Balaban J connectivity index is 1.43. The Kier molecular flexibility index (Phi) is 8.51. The normalized spacial score (nSPS) is 14.5. The summed E-state index contributed by atoms with van der Waals surface area (Å²) in [6, 6.07) is 26.8. The number of amides is 1. The monoisotopic (exact) mass is 614 g/mol. The first-order chi connectivity index (χ1) is 19.8. The molecular formula is C31H27BrN4O5. The van der Waals surface area contributed by atoms with Crippen molar-refractivity contribution in [2.45, 2.75) is 12.1 Å². The van der Waals surface area contributed by atoms with E-state index in [1.165, 1.54) is 36.5 Å². The standard InChI is InChI=1S/C31H27BrN4O5/c32-25-14-15-27(37)35(21-25)29(30(38)24-12-7-13-26(20-24)36(40)41)31(39)34-18-16-33(17-19-34)28(22-8-3-1-4-9-22)23-10-5-2-6-11-23/h1-15,20-21,28-29H,16-19H2. The Hall–Kier alpha value is -4.41. The number of benzene rings is 3. The van der Waals surface area contributed by atoms with Crippen LogP contribution in [0.5, 0.6) is 0 Å². The summed E-state index contributed by atoms with van der Waals surface area (Å²) in [7, 11) is 0. The molecule has 1 unspecified atom stereocenters. The molecule has 1 atom stereocenters. The van der Waals surface area contributed by atoms with Gasteiger partial charge in [-0.3, -0.25) is 34.0 Å². The molecule has 1 fully saturated rings. The van der Waals surface area contributed by atoms with E-state index in [-0.39, 0.29) is 17.3 Å². The number of piperazine rings is 1. The maximum Gasteiger partial charge on any atom is 0.270 e. The zero-order valence-electron chi connectivity index (χ0n) is 22.0. The van der Waals surface area contributed by atoms with Gasteiger partial charge in [-0.15, -0.1) is 0 Å². The second-order valence-electron chi connectivity index (χ2n) is 9.75. The molecule has 41 heavy (non-hydrogen) atoms. The van der Waals surface area contributed by atoms with E-state index in [9.17, 15) is 24.5 Å². The number of carbonyl (C=O) groups excluding carboxylic acids is 2. The van der Waals surface area contributed by atoms with Crippen molar-refractivity contribution in [2.24, 2.45) is 0 Å². The third-order valence-corrected chi connectivity index (χ3v) is 7.69. The maximum absolute atomic E-state index is 14.0. The summed E-state index contributed by atoms with van der Waals surface area (Å²) in [5.41, 5.74) is 1.45. The summed E-state index contributed by atoms with van der Waals surface area (Å²) in [5.74, 6) is -1.22. The molecule has 0 radical (unpaired) electrons. The fraction of sp³-hybridized carbons (Fsp3) is 0.194.